The Morgan fingerprint density at radius 1 is 1.28 bits per heavy atom. The molecule has 3 N–H and O–H groups in total. The van der Waals surface area contributed by atoms with E-state index in [-0.39, 0.29) is 17.3 Å². The average molecular weight is 476 g/mol. The van der Waals surface area contributed by atoms with Crippen molar-refractivity contribution < 1.29 is 17.5 Å². The maximum atomic E-state index is 14.7. The Balaban J connectivity index is 1.60. The SMILES string of the molecule is COc1ccc(-c2csc(Nc3ccc(F)c([C@]4(C)CS(=O)(=O)N(C)C(=N)N4)c3)n2)cc1. The van der Waals surface area contributed by atoms with Gasteiger partial charge in [0, 0.05) is 29.2 Å². The highest BCUT2D eigenvalue weighted by molar-refractivity contribution is 7.89. The van der Waals surface area contributed by atoms with Gasteiger partial charge in [0.2, 0.25) is 16.0 Å². The van der Waals surface area contributed by atoms with Gasteiger partial charge in [0.1, 0.15) is 11.6 Å². The topological polar surface area (TPSA) is 107 Å². The molecular formula is C21H22FN5O3S2. The summed E-state index contributed by atoms with van der Waals surface area (Å²) >= 11 is 1.39. The number of rotatable bonds is 5. The number of guanidine groups is 1. The Morgan fingerprint density at radius 3 is 2.66 bits per heavy atom. The Morgan fingerprint density at radius 2 is 2.00 bits per heavy atom. The third-order valence-electron chi connectivity index (χ3n) is 5.30. The number of anilines is 2. The van der Waals surface area contributed by atoms with E-state index in [2.05, 4.69) is 15.6 Å². The number of nitrogens with one attached hydrogen (secondary N) is 3. The maximum Gasteiger partial charge on any atom is 0.239 e. The molecule has 32 heavy (non-hydrogen) atoms. The van der Waals surface area contributed by atoms with Crippen molar-refractivity contribution in [2.75, 3.05) is 25.2 Å². The first-order valence-electron chi connectivity index (χ1n) is 9.62. The first-order valence-corrected chi connectivity index (χ1v) is 12.1. The van der Waals surface area contributed by atoms with Crippen molar-refractivity contribution in [1.29, 1.82) is 5.41 Å². The molecule has 1 saturated heterocycles. The predicted octanol–water partition coefficient (Wildman–Crippen LogP) is 3.72. The summed E-state index contributed by atoms with van der Waals surface area (Å²) in [4.78, 5) is 4.58. The number of hydrogen-bond donors (Lipinski definition) is 3. The predicted molar refractivity (Wildman–Crippen MR) is 124 cm³/mol. The van der Waals surface area contributed by atoms with Crippen molar-refractivity contribution in [1.82, 2.24) is 14.6 Å². The summed E-state index contributed by atoms with van der Waals surface area (Å²) < 4.78 is 45.6. The fraction of sp³-hybridized carbons (Fsp3) is 0.238. The Labute approximate surface area is 189 Å². The van der Waals surface area contributed by atoms with Crippen LogP contribution in [-0.4, -0.2) is 43.6 Å². The molecule has 0 spiro atoms. The monoisotopic (exact) mass is 475 g/mol. The fourth-order valence-corrected chi connectivity index (χ4v) is 5.71. The second kappa shape index (κ2) is 8.06. The van der Waals surface area contributed by atoms with Crippen molar-refractivity contribution in [3.63, 3.8) is 0 Å². The van der Waals surface area contributed by atoms with E-state index in [9.17, 15) is 12.8 Å². The lowest BCUT2D eigenvalue weighted by Gasteiger charge is -2.40. The van der Waals surface area contributed by atoms with Crippen LogP contribution in [0, 0.1) is 11.2 Å². The zero-order valence-corrected chi connectivity index (χ0v) is 19.3. The average Bonchev–Trinajstić information content (AvgIpc) is 3.21. The molecule has 11 heteroatoms. The number of methoxy groups -OCH3 is 1. The molecule has 2 heterocycles. The molecule has 3 aromatic rings. The number of hydrogen-bond acceptors (Lipinski definition) is 7. The molecule has 0 bridgehead atoms. The van der Waals surface area contributed by atoms with E-state index in [0.29, 0.717) is 10.8 Å². The van der Waals surface area contributed by atoms with Crippen molar-refractivity contribution in [3.8, 4) is 17.0 Å². The molecule has 2 aromatic carbocycles. The molecule has 0 saturated carbocycles. The van der Waals surface area contributed by atoms with Gasteiger partial charge in [-0.1, -0.05) is 0 Å². The van der Waals surface area contributed by atoms with Crippen LogP contribution in [0.25, 0.3) is 11.3 Å². The van der Waals surface area contributed by atoms with Crippen LogP contribution in [0.1, 0.15) is 12.5 Å². The summed E-state index contributed by atoms with van der Waals surface area (Å²) in [6.07, 6.45) is 0. The second-order valence-electron chi connectivity index (χ2n) is 7.62. The van der Waals surface area contributed by atoms with Gasteiger partial charge in [-0.15, -0.1) is 11.3 Å². The summed E-state index contributed by atoms with van der Waals surface area (Å²) in [5.74, 6) is -0.484. The minimum Gasteiger partial charge on any atom is -0.497 e. The first-order chi connectivity index (χ1) is 15.1. The molecule has 1 fully saturated rings. The number of sulfonamides is 1. The van der Waals surface area contributed by atoms with Crippen molar-refractivity contribution in [2.24, 2.45) is 0 Å². The van der Waals surface area contributed by atoms with Gasteiger partial charge < -0.3 is 15.4 Å². The van der Waals surface area contributed by atoms with E-state index in [0.717, 1.165) is 21.3 Å². The van der Waals surface area contributed by atoms with Gasteiger partial charge in [-0.05, 0) is 49.4 Å². The fourth-order valence-electron chi connectivity index (χ4n) is 3.50. The maximum absolute atomic E-state index is 14.7. The number of aromatic nitrogens is 1. The highest BCUT2D eigenvalue weighted by atomic mass is 32.2. The van der Waals surface area contributed by atoms with Gasteiger partial charge in [0.15, 0.2) is 5.13 Å². The summed E-state index contributed by atoms with van der Waals surface area (Å²) in [6.45, 7) is 1.57. The van der Waals surface area contributed by atoms with Gasteiger partial charge in [-0.3, -0.25) is 5.41 Å². The lowest BCUT2D eigenvalue weighted by molar-refractivity contribution is 0.403. The second-order valence-corrected chi connectivity index (χ2v) is 10.5. The largest absolute Gasteiger partial charge is 0.497 e. The molecule has 168 valence electrons. The van der Waals surface area contributed by atoms with Crippen LogP contribution in [0.15, 0.2) is 47.8 Å². The van der Waals surface area contributed by atoms with Gasteiger partial charge >= 0.3 is 0 Å². The molecule has 1 aromatic heterocycles. The van der Waals surface area contributed by atoms with E-state index < -0.39 is 21.4 Å². The Hall–Kier alpha value is -3.18. The number of ether oxygens (including phenoxy) is 1. The Bertz CT molecular complexity index is 1280. The molecular weight excluding hydrogens is 453 g/mol. The minimum absolute atomic E-state index is 0.149. The first kappa shape index (κ1) is 22.0. The van der Waals surface area contributed by atoms with E-state index in [1.165, 1.54) is 24.5 Å². The third-order valence-corrected chi connectivity index (χ3v) is 8.02. The Kier molecular flexibility index (Phi) is 5.55. The molecule has 0 radical (unpaired) electrons. The summed E-state index contributed by atoms with van der Waals surface area (Å²) in [5, 5.41) is 16.4. The van der Waals surface area contributed by atoms with E-state index in [1.807, 2.05) is 29.6 Å². The zero-order valence-electron chi connectivity index (χ0n) is 17.6. The molecule has 8 nitrogen and oxygen atoms in total. The molecule has 0 amide bonds. The number of halogens is 1. The lowest BCUT2D eigenvalue weighted by atomic mass is 9.93. The van der Waals surface area contributed by atoms with Gasteiger partial charge in [-0.25, -0.2) is 22.1 Å². The van der Waals surface area contributed by atoms with Gasteiger partial charge in [0.05, 0.1) is 24.1 Å². The van der Waals surface area contributed by atoms with Gasteiger partial charge in [-0.2, -0.15) is 0 Å². The number of nitrogens with zero attached hydrogens (tertiary/aromatic N) is 2. The standard InChI is InChI=1S/C21H22FN5O3S2/c1-21(12-32(28,29)27(2)19(23)26-21)16-10-14(6-9-17(16)22)24-20-25-18(11-31-20)13-4-7-15(30-3)8-5-13/h4-11H,12H2,1-3H3,(H2,23,26)(H,24,25)/t21-/m0/s1. The van der Waals surface area contributed by atoms with Crippen LogP contribution in [0.3, 0.4) is 0 Å². The smallest absolute Gasteiger partial charge is 0.239 e. The van der Waals surface area contributed by atoms with Crippen LogP contribution in [0.2, 0.25) is 0 Å². The van der Waals surface area contributed by atoms with Crippen LogP contribution in [0.4, 0.5) is 15.2 Å². The van der Waals surface area contributed by atoms with Gasteiger partial charge in [0.25, 0.3) is 0 Å². The van der Waals surface area contributed by atoms with E-state index >= 15 is 0 Å². The molecule has 1 aliphatic rings. The molecule has 1 atom stereocenters. The highest BCUT2D eigenvalue weighted by Gasteiger charge is 2.43. The van der Waals surface area contributed by atoms with E-state index in [1.54, 1.807) is 26.2 Å². The number of benzene rings is 2. The quantitative estimate of drug-likeness (QED) is 0.519. The van der Waals surface area contributed by atoms with Crippen molar-refractivity contribution in [2.45, 2.75) is 12.5 Å². The molecule has 0 aliphatic carbocycles. The molecule has 1 aliphatic heterocycles. The van der Waals surface area contributed by atoms with Crippen LogP contribution in [-0.2, 0) is 15.6 Å². The lowest BCUT2D eigenvalue weighted by Crippen LogP contribution is -2.61. The van der Waals surface area contributed by atoms with Crippen molar-refractivity contribution >= 4 is 38.1 Å². The number of thiazole rings is 1. The summed E-state index contributed by atoms with van der Waals surface area (Å²) in [6, 6.07) is 11.9. The summed E-state index contributed by atoms with van der Waals surface area (Å²) in [7, 11) is -0.846. The minimum atomic E-state index is -3.75. The van der Waals surface area contributed by atoms with Crippen LogP contribution in [0.5, 0.6) is 5.75 Å². The highest BCUT2D eigenvalue weighted by Crippen LogP contribution is 2.33. The molecule has 4 rings (SSSR count). The van der Waals surface area contributed by atoms with E-state index in [4.69, 9.17) is 10.1 Å². The molecule has 0 unspecified atom stereocenters. The van der Waals surface area contributed by atoms with Crippen LogP contribution >= 0.6 is 11.3 Å². The zero-order chi connectivity index (χ0) is 23.1. The normalized spacial score (nSPS) is 20.0. The van der Waals surface area contributed by atoms with Crippen LogP contribution < -0.4 is 15.4 Å². The summed E-state index contributed by atoms with van der Waals surface area (Å²) in [5.41, 5.74) is 1.13. The van der Waals surface area contributed by atoms with Crippen molar-refractivity contribution in [3.05, 3.63) is 59.2 Å². The third kappa shape index (κ3) is 4.13.